The normalized spacial score (nSPS) is 16.4. The fourth-order valence-corrected chi connectivity index (χ4v) is 3.68. The zero-order valence-corrected chi connectivity index (χ0v) is 12.0. The maximum absolute atomic E-state index is 12.0. The summed E-state index contributed by atoms with van der Waals surface area (Å²) in [6.07, 6.45) is 4.73. The van der Waals surface area contributed by atoms with Crippen LogP contribution in [-0.4, -0.2) is 5.78 Å². The van der Waals surface area contributed by atoms with Gasteiger partial charge in [-0.3, -0.25) is 4.79 Å². The first kappa shape index (κ1) is 12.2. The molecule has 100 valence electrons. The van der Waals surface area contributed by atoms with E-state index in [9.17, 15) is 4.79 Å². The van der Waals surface area contributed by atoms with Gasteiger partial charge in [0.25, 0.3) is 0 Å². The van der Waals surface area contributed by atoms with Gasteiger partial charge in [-0.2, -0.15) is 0 Å². The molecule has 0 amide bonds. The van der Waals surface area contributed by atoms with Crippen molar-refractivity contribution >= 4 is 17.4 Å². The molecular weight excluding hydrogens is 268 g/mol. The molecule has 2 aromatic rings. The predicted molar refractivity (Wildman–Crippen MR) is 81.6 cm³/mol. The average molecular weight is 283 g/mol. The number of rotatable bonds is 0. The number of hydrogen-bond acceptors (Lipinski definition) is 1. The molecular formula is C18H15ClO. The van der Waals surface area contributed by atoms with E-state index < -0.39 is 0 Å². The Bertz CT molecular complexity index is 730. The van der Waals surface area contributed by atoms with E-state index in [1.165, 1.54) is 27.8 Å². The van der Waals surface area contributed by atoms with E-state index in [4.69, 9.17) is 11.6 Å². The fraction of sp³-hybridized carbons (Fsp3) is 0.278. The van der Waals surface area contributed by atoms with Gasteiger partial charge in [0.05, 0.1) is 0 Å². The van der Waals surface area contributed by atoms with E-state index in [0.29, 0.717) is 12.2 Å². The first-order valence-electron chi connectivity index (χ1n) is 7.20. The Balaban J connectivity index is 1.93. The third-order valence-electron chi connectivity index (χ3n) is 4.50. The minimum atomic E-state index is 0.316. The molecule has 0 atom stereocenters. The Morgan fingerprint density at radius 3 is 2.30 bits per heavy atom. The van der Waals surface area contributed by atoms with Crippen molar-refractivity contribution in [2.24, 2.45) is 0 Å². The van der Waals surface area contributed by atoms with Crippen LogP contribution in [0.2, 0.25) is 5.02 Å². The van der Waals surface area contributed by atoms with Crippen LogP contribution in [0.5, 0.6) is 0 Å². The Morgan fingerprint density at radius 1 is 0.750 bits per heavy atom. The SMILES string of the molecule is O=C1CCCc2cc3c(cc21)CCc1cc(Cl)ccc1-3. The maximum atomic E-state index is 12.0. The molecule has 0 unspecified atom stereocenters. The number of aryl methyl sites for hydroxylation is 3. The number of hydrogen-bond donors (Lipinski definition) is 0. The highest BCUT2D eigenvalue weighted by atomic mass is 35.5. The molecule has 0 aliphatic heterocycles. The van der Waals surface area contributed by atoms with Gasteiger partial charge in [-0.05, 0) is 71.7 Å². The van der Waals surface area contributed by atoms with Crippen molar-refractivity contribution in [3.8, 4) is 11.1 Å². The molecule has 0 saturated carbocycles. The summed E-state index contributed by atoms with van der Waals surface area (Å²) in [6.45, 7) is 0. The molecule has 0 radical (unpaired) electrons. The lowest BCUT2D eigenvalue weighted by atomic mass is 9.80. The lowest BCUT2D eigenvalue weighted by molar-refractivity contribution is 0.0972. The van der Waals surface area contributed by atoms with Crippen LogP contribution in [0.3, 0.4) is 0 Å². The topological polar surface area (TPSA) is 17.1 Å². The fourth-order valence-electron chi connectivity index (χ4n) is 3.49. The van der Waals surface area contributed by atoms with Crippen LogP contribution in [0.1, 0.15) is 39.9 Å². The number of halogens is 1. The molecule has 2 aromatic carbocycles. The van der Waals surface area contributed by atoms with Crippen LogP contribution < -0.4 is 0 Å². The second-order valence-corrected chi connectivity index (χ2v) is 6.18. The number of ketones is 1. The minimum Gasteiger partial charge on any atom is -0.294 e. The van der Waals surface area contributed by atoms with Crippen LogP contribution in [0.4, 0.5) is 0 Å². The Hall–Kier alpha value is -1.60. The standard InChI is InChI=1S/C18H15ClO/c19-14-6-7-15-12(8-14)4-5-13-10-17-11(9-16(13)15)2-1-3-18(17)20/h6-10H,1-5H2. The van der Waals surface area contributed by atoms with Crippen LogP contribution in [0.15, 0.2) is 30.3 Å². The van der Waals surface area contributed by atoms with E-state index in [1.54, 1.807) is 0 Å². The lowest BCUT2D eigenvalue weighted by Crippen LogP contribution is -2.14. The van der Waals surface area contributed by atoms with Crippen molar-refractivity contribution in [3.63, 3.8) is 0 Å². The molecule has 0 spiro atoms. The molecule has 4 rings (SSSR count). The van der Waals surface area contributed by atoms with Crippen LogP contribution >= 0.6 is 11.6 Å². The third kappa shape index (κ3) is 1.81. The summed E-state index contributed by atoms with van der Waals surface area (Å²) in [5, 5.41) is 0.806. The van der Waals surface area contributed by atoms with Gasteiger partial charge in [-0.15, -0.1) is 0 Å². The monoisotopic (exact) mass is 282 g/mol. The molecule has 2 aliphatic rings. The molecule has 0 heterocycles. The summed E-state index contributed by atoms with van der Waals surface area (Å²) in [5.74, 6) is 0.316. The summed E-state index contributed by atoms with van der Waals surface area (Å²) >= 11 is 6.09. The molecule has 0 aromatic heterocycles. The summed E-state index contributed by atoms with van der Waals surface area (Å²) < 4.78 is 0. The first-order valence-corrected chi connectivity index (χ1v) is 7.58. The van der Waals surface area contributed by atoms with Crippen LogP contribution in [-0.2, 0) is 19.3 Å². The van der Waals surface area contributed by atoms with Crippen LogP contribution in [0, 0.1) is 0 Å². The van der Waals surface area contributed by atoms with E-state index >= 15 is 0 Å². The van der Waals surface area contributed by atoms with Crippen molar-refractivity contribution < 1.29 is 4.79 Å². The Labute approximate surface area is 123 Å². The summed E-state index contributed by atoms with van der Waals surface area (Å²) in [7, 11) is 0. The van der Waals surface area contributed by atoms with Crippen molar-refractivity contribution in [1.82, 2.24) is 0 Å². The summed E-state index contributed by atoms with van der Waals surface area (Å²) in [4.78, 5) is 12.0. The van der Waals surface area contributed by atoms with E-state index in [0.717, 1.165) is 36.3 Å². The molecule has 2 aliphatic carbocycles. The average Bonchev–Trinajstić information content (AvgIpc) is 2.45. The number of fused-ring (bicyclic) bond motifs is 4. The van der Waals surface area contributed by atoms with E-state index in [2.05, 4.69) is 24.3 Å². The number of carbonyl (C=O) groups is 1. The quantitative estimate of drug-likeness (QED) is 0.689. The molecule has 0 N–H and O–H groups in total. The largest absolute Gasteiger partial charge is 0.294 e. The first-order chi connectivity index (χ1) is 9.72. The number of benzene rings is 2. The van der Waals surface area contributed by atoms with Gasteiger partial charge in [0.1, 0.15) is 0 Å². The predicted octanol–water partition coefficient (Wildman–Crippen LogP) is 4.62. The number of carbonyl (C=O) groups excluding carboxylic acids is 1. The third-order valence-corrected chi connectivity index (χ3v) is 4.74. The van der Waals surface area contributed by atoms with Crippen molar-refractivity contribution in [3.05, 3.63) is 57.6 Å². The highest BCUT2D eigenvalue weighted by Crippen LogP contribution is 2.38. The van der Waals surface area contributed by atoms with Gasteiger partial charge in [0.2, 0.25) is 0 Å². The van der Waals surface area contributed by atoms with Crippen molar-refractivity contribution in [2.75, 3.05) is 0 Å². The van der Waals surface area contributed by atoms with Gasteiger partial charge in [0.15, 0.2) is 5.78 Å². The van der Waals surface area contributed by atoms with Crippen molar-refractivity contribution in [1.29, 1.82) is 0 Å². The summed E-state index contributed by atoms with van der Waals surface area (Å²) in [5.41, 5.74) is 7.42. The van der Waals surface area contributed by atoms with Gasteiger partial charge >= 0.3 is 0 Å². The van der Waals surface area contributed by atoms with E-state index in [-0.39, 0.29) is 0 Å². The zero-order valence-electron chi connectivity index (χ0n) is 11.2. The van der Waals surface area contributed by atoms with Crippen LogP contribution in [0.25, 0.3) is 11.1 Å². The van der Waals surface area contributed by atoms with Gasteiger partial charge < -0.3 is 0 Å². The second-order valence-electron chi connectivity index (χ2n) is 5.74. The lowest BCUT2D eigenvalue weighted by Gasteiger charge is -2.24. The Kier molecular flexibility index (Phi) is 2.71. The molecule has 20 heavy (non-hydrogen) atoms. The minimum absolute atomic E-state index is 0.316. The van der Waals surface area contributed by atoms with Gasteiger partial charge in [-0.25, -0.2) is 0 Å². The second kappa shape index (κ2) is 4.46. The van der Waals surface area contributed by atoms with E-state index in [1.807, 2.05) is 6.07 Å². The highest BCUT2D eigenvalue weighted by Gasteiger charge is 2.23. The van der Waals surface area contributed by atoms with Gasteiger partial charge in [0, 0.05) is 17.0 Å². The maximum Gasteiger partial charge on any atom is 0.163 e. The zero-order chi connectivity index (χ0) is 13.7. The molecule has 0 fully saturated rings. The smallest absolute Gasteiger partial charge is 0.163 e. The van der Waals surface area contributed by atoms with Crippen molar-refractivity contribution in [2.45, 2.75) is 32.1 Å². The molecule has 0 bridgehead atoms. The number of Topliss-reactive ketones (excluding diaryl/α,β-unsaturated/α-hetero) is 1. The van der Waals surface area contributed by atoms with Gasteiger partial charge in [-0.1, -0.05) is 23.7 Å². The molecule has 0 saturated heterocycles. The molecule has 1 nitrogen and oxygen atoms in total. The summed E-state index contributed by atoms with van der Waals surface area (Å²) in [6, 6.07) is 10.5. The molecule has 2 heteroatoms. The highest BCUT2D eigenvalue weighted by molar-refractivity contribution is 6.30. The Morgan fingerprint density at radius 2 is 1.45 bits per heavy atom.